The van der Waals surface area contributed by atoms with Gasteiger partial charge >= 0.3 is 0 Å². The van der Waals surface area contributed by atoms with E-state index in [1.165, 1.54) is 0 Å². The number of carbonyl (C=O) groups excluding carboxylic acids is 1. The van der Waals surface area contributed by atoms with E-state index in [-0.39, 0.29) is 11.7 Å². The normalized spacial score (nSPS) is 12.5. The van der Waals surface area contributed by atoms with Gasteiger partial charge < -0.3 is 11.1 Å². The van der Waals surface area contributed by atoms with Crippen molar-refractivity contribution < 1.29 is 4.79 Å². The Labute approximate surface area is 89.9 Å². The van der Waals surface area contributed by atoms with Crippen molar-refractivity contribution in [2.45, 2.75) is 13.8 Å². The molecule has 1 heterocycles. The molecule has 0 aliphatic heterocycles. The van der Waals surface area contributed by atoms with Gasteiger partial charge in [-0.3, -0.25) is 4.79 Å². The standard InChI is InChI=1S/C11H17N3O/c1-7-4-5-14-11(12)9(7)10(15)8(2)6-13-3/h4-5,8,13H,6H2,1-3H3,(H2,12,14). The fraction of sp³-hybridized carbons (Fsp3) is 0.455. The summed E-state index contributed by atoms with van der Waals surface area (Å²) < 4.78 is 0. The van der Waals surface area contributed by atoms with Crippen LogP contribution in [-0.4, -0.2) is 24.4 Å². The van der Waals surface area contributed by atoms with Crippen LogP contribution in [0.1, 0.15) is 22.8 Å². The molecule has 0 spiro atoms. The van der Waals surface area contributed by atoms with Crippen molar-refractivity contribution in [2.75, 3.05) is 19.3 Å². The summed E-state index contributed by atoms with van der Waals surface area (Å²) in [5, 5.41) is 2.97. The van der Waals surface area contributed by atoms with E-state index in [0.717, 1.165) is 5.56 Å². The zero-order chi connectivity index (χ0) is 11.4. The number of aromatic nitrogens is 1. The molecule has 0 fully saturated rings. The fourth-order valence-electron chi connectivity index (χ4n) is 1.55. The van der Waals surface area contributed by atoms with Crippen LogP contribution in [0.25, 0.3) is 0 Å². The first-order valence-electron chi connectivity index (χ1n) is 4.97. The molecule has 0 saturated heterocycles. The lowest BCUT2D eigenvalue weighted by atomic mass is 9.96. The number of rotatable bonds is 4. The molecule has 1 aromatic heterocycles. The molecule has 4 heteroatoms. The smallest absolute Gasteiger partial charge is 0.170 e. The summed E-state index contributed by atoms with van der Waals surface area (Å²) in [4.78, 5) is 16.0. The van der Waals surface area contributed by atoms with Crippen molar-refractivity contribution >= 4 is 11.6 Å². The topological polar surface area (TPSA) is 68.0 Å². The molecular weight excluding hydrogens is 190 g/mol. The van der Waals surface area contributed by atoms with Crippen molar-refractivity contribution in [2.24, 2.45) is 5.92 Å². The van der Waals surface area contributed by atoms with Crippen molar-refractivity contribution in [3.8, 4) is 0 Å². The highest BCUT2D eigenvalue weighted by Crippen LogP contribution is 2.17. The minimum atomic E-state index is -0.0831. The monoisotopic (exact) mass is 207 g/mol. The molecule has 1 unspecified atom stereocenters. The number of aryl methyl sites for hydroxylation is 1. The van der Waals surface area contributed by atoms with Crippen molar-refractivity contribution in [1.82, 2.24) is 10.3 Å². The number of ketones is 1. The first kappa shape index (κ1) is 11.7. The summed E-state index contributed by atoms with van der Waals surface area (Å²) in [7, 11) is 1.82. The third-order valence-corrected chi connectivity index (χ3v) is 2.39. The SMILES string of the molecule is CNCC(C)C(=O)c1c(C)ccnc1N. The molecule has 1 aromatic rings. The van der Waals surface area contributed by atoms with Gasteiger partial charge in [-0.05, 0) is 25.6 Å². The van der Waals surface area contributed by atoms with Crippen LogP contribution in [0.5, 0.6) is 0 Å². The van der Waals surface area contributed by atoms with E-state index in [1.807, 2.05) is 20.9 Å². The van der Waals surface area contributed by atoms with E-state index in [1.54, 1.807) is 12.3 Å². The summed E-state index contributed by atoms with van der Waals surface area (Å²) in [5.41, 5.74) is 7.14. The molecule has 82 valence electrons. The highest BCUT2D eigenvalue weighted by atomic mass is 16.1. The lowest BCUT2D eigenvalue weighted by Gasteiger charge is -2.12. The highest BCUT2D eigenvalue weighted by molar-refractivity contribution is 6.02. The Kier molecular flexibility index (Phi) is 3.80. The number of hydrogen-bond acceptors (Lipinski definition) is 4. The Balaban J connectivity index is 3.00. The maximum atomic E-state index is 12.0. The van der Waals surface area contributed by atoms with Gasteiger partial charge in [0.2, 0.25) is 0 Å². The fourth-order valence-corrected chi connectivity index (χ4v) is 1.55. The molecule has 15 heavy (non-hydrogen) atoms. The number of nitrogen functional groups attached to an aromatic ring is 1. The van der Waals surface area contributed by atoms with Gasteiger partial charge in [0, 0.05) is 18.7 Å². The number of nitrogens with two attached hydrogens (primary N) is 1. The van der Waals surface area contributed by atoms with Crippen molar-refractivity contribution in [3.05, 3.63) is 23.4 Å². The summed E-state index contributed by atoms with van der Waals surface area (Å²) in [5.74, 6) is 0.288. The first-order valence-corrected chi connectivity index (χ1v) is 4.97. The summed E-state index contributed by atoms with van der Waals surface area (Å²) in [6.45, 7) is 4.40. The Morgan fingerprint density at radius 3 is 2.87 bits per heavy atom. The molecule has 0 aliphatic rings. The van der Waals surface area contributed by atoms with Gasteiger partial charge in [0.05, 0.1) is 5.56 Å². The molecule has 0 saturated carbocycles. The molecule has 0 aromatic carbocycles. The molecule has 1 rings (SSSR count). The third kappa shape index (κ3) is 2.53. The third-order valence-electron chi connectivity index (χ3n) is 2.39. The molecule has 0 radical (unpaired) electrons. The zero-order valence-electron chi connectivity index (χ0n) is 9.37. The average Bonchev–Trinajstić information content (AvgIpc) is 2.17. The minimum Gasteiger partial charge on any atom is -0.383 e. The Morgan fingerprint density at radius 1 is 1.67 bits per heavy atom. The predicted molar refractivity (Wildman–Crippen MR) is 60.8 cm³/mol. The van der Waals surface area contributed by atoms with E-state index in [9.17, 15) is 4.79 Å². The molecule has 0 aliphatic carbocycles. The molecule has 0 amide bonds. The molecule has 0 bridgehead atoms. The lowest BCUT2D eigenvalue weighted by Crippen LogP contribution is -2.25. The maximum absolute atomic E-state index is 12.0. The summed E-state index contributed by atoms with van der Waals surface area (Å²) in [6.07, 6.45) is 1.62. The second-order valence-corrected chi connectivity index (χ2v) is 3.71. The Morgan fingerprint density at radius 2 is 2.33 bits per heavy atom. The number of anilines is 1. The quantitative estimate of drug-likeness (QED) is 0.723. The van der Waals surface area contributed by atoms with Gasteiger partial charge in [0.15, 0.2) is 5.78 Å². The van der Waals surface area contributed by atoms with Gasteiger partial charge in [-0.15, -0.1) is 0 Å². The van der Waals surface area contributed by atoms with Crippen LogP contribution >= 0.6 is 0 Å². The number of pyridine rings is 1. The molecule has 3 N–H and O–H groups in total. The van der Waals surface area contributed by atoms with Crippen LogP contribution in [0.2, 0.25) is 0 Å². The molecule has 1 atom stereocenters. The largest absolute Gasteiger partial charge is 0.383 e. The van der Waals surface area contributed by atoms with Gasteiger partial charge in [0.25, 0.3) is 0 Å². The second-order valence-electron chi connectivity index (χ2n) is 3.71. The van der Waals surface area contributed by atoms with Gasteiger partial charge in [0.1, 0.15) is 5.82 Å². The van der Waals surface area contributed by atoms with Gasteiger partial charge in [-0.2, -0.15) is 0 Å². The molecule has 4 nitrogen and oxygen atoms in total. The van der Waals surface area contributed by atoms with Crippen LogP contribution < -0.4 is 11.1 Å². The van der Waals surface area contributed by atoms with Crippen molar-refractivity contribution in [1.29, 1.82) is 0 Å². The van der Waals surface area contributed by atoms with Crippen LogP contribution in [0.3, 0.4) is 0 Å². The Hall–Kier alpha value is -1.42. The summed E-state index contributed by atoms with van der Waals surface area (Å²) >= 11 is 0. The lowest BCUT2D eigenvalue weighted by molar-refractivity contribution is 0.0930. The van der Waals surface area contributed by atoms with E-state index < -0.39 is 0 Å². The van der Waals surface area contributed by atoms with Crippen LogP contribution in [0.4, 0.5) is 5.82 Å². The Bertz CT molecular complexity index is 343. The number of nitrogens with one attached hydrogen (secondary N) is 1. The first-order chi connectivity index (χ1) is 7.07. The number of Topliss-reactive ketones (excluding diaryl/α,β-unsaturated/α-hetero) is 1. The highest BCUT2D eigenvalue weighted by Gasteiger charge is 2.19. The van der Waals surface area contributed by atoms with E-state index >= 15 is 0 Å². The maximum Gasteiger partial charge on any atom is 0.170 e. The number of nitrogens with zero attached hydrogens (tertiary/aromatic N) is 1. The predicted octanol–water partition coefficient (Wildman–Crippen LogP) is 1.01. The minimum absolute atomic E-state index is 0.0486. The number of hydrogen-bond donors (Lipinski definition) is 2. The van der Waals surface area contributed by atoms with Crippen LogP contribution in [0.15, 0.2) is 12.3 Å². The van der Waals surface area contributed by atoms with Crippen LogP contribution in [0, 0.1) is 12.8 Å². The van der Waals surface area contributed by atoms with E-state index in [2.05, 4.69) is 10.3 Å². The van der Waals surface area contributed by atoms with Gasteiger partial charge in [-0.1, -0.05) is 6.92 Å². The van der Waals surface area contributed by atoms with E-state index in [4.69, 9.17) is 5.73 Å². The number of carbonyl (C=O) groups is 1. The summed E-state index contributed by atoms with van der Waals surface area (Å²) in [6, 6.07) is 1.80. The van der Waals surface area contributed by atoms with Crippen LogP contribution in [-0.2, 0) is 0 Å². The molecular formula is C11H17N3O. The average molecular weight is 207 g/mol. The zero-order valence-corrected chi connectivity index (χ0v) is 9.37. The van der Waals surface area contributed by atoms with Crippen molar-refractivity contribution in [3.63, 3.8) is 0 Å². The van der Waals surface area contributed by atoms with Gasteiger partial charge in [-0.25, -0.2) is 4.98 Å². The van der Waals surface area contributed by atoms with E-state index in [0.29, 0.717) is 17.9 Å². The second kappa shape index (κ2) is 4.89.